The number of amides is 2. The molecule has 1 aliphatic heterocycles. The molecule has 1 aliphatic rings. The number of carbonyl (C=O) groups is 2. The predicted molar refractivity (Wildman–Crippen MR) is 114 cm³/mol. The zero-order chi connectivity index (χ0) is 21.9. The van der Waals surface area contributed by atoms with Gasteiger partial charge in [0, 0.05) is 18.0 Å². The summed E-state index contributed by atoms with van der Waals surface area (Å²) in [4.78, 5) is 27.2. The van der Waals surface area contributed by atoms with Crippen LogP contribution in [0.4, 0.5) is 10.5 Å². The zero-order valence-electron chi connectivity index (χ0n) is 18.0. The second-order valence-corrected chi connectivity index (χ2v) is 8.14. The highest BCUT2D eigenvalue weighted by atomic mass is 16.6. The van der Waals surface area contributed by atoms with E-state index in [0.717, 1.165) is 11.3 Å². The minimum Gasteiger partial charge on any atom is -0.497 e. The number of benzene rings is 2. The molecule has 2 aromatic rings. The average Bonchev–Trinajstić information content (AvgIpc) is 3.02. The SMILES string of the molecule is COc1ccc(C2CC(=O)N(c3ccc(OC)cc3)[C@H]2NC(=O)OC(C)(C)C)cc1. The highest BCUT2D eigenvalue weighted by Gasteiger charge is 2.43. The Hall–Kier alpha value is -3.22. The van der Waals surface area contributed by atoms with Crippen molar-refractivity contribution in [3.8, 4) is 11.5 Å². The third-order valence-corrected chi connectivity index (χ3v) is 4.88. The van der Waals surface area contributed by atoms with Crippen LogP contribution in [0.15, 0.2) is 48.5 Å². The molecular formula is C23H28N2O5. The minimum absolute atomic E-state index is 0.0814. The van der Waals surface area contributed by atoms with Gasteiger partial charge in [-0.2, -0.15) is 0 Å². The number of nitrogens with one attached hydrogen (secondary N) is 1. The average molecular weight is 412 g/mol. The Labute approximate surface area is 176 Å². The summed E-state index contributed by atoms with van der Waals surface area (Å²) < 4.78 is 15.9. The van der Waals surface area contributed by atoms with Crippen LogP contribution in [0.1, 0.15) is 38.7 Å². The van der Waals surface area contributed by atoms with Gasteiger partial charge in [-0.05, 0) is 62.7 Å². The molecule has 30 heavy (non-hydrogen) atoms. The summed E-state index contributed by atoms with van der Waals surface area (Å²) in [5.74, 6) is 1.10. The summed E-state index contributed by atoms with van der Waals surface area (Å²) in [5.41, 5.74) is 0.965. The maximum atomic E-state index is 13.0. The second-order valence-electron chi connectivity index (χ2n) is 8.14. The first-order valence-electron chi connectivity index (χ1n) is 9.81. The zero-order valence-corrected chi connectivity index (χ0v) is 18.0. The molecule has 2 aromatic carbocycles. The van der Waals surface area contributed by atoms with Gasteiger partial charge in [0.15, 0.2) is 0 Å². The van der Waals surface area contributed by atoms with Crippen molar-refractivity contribution in [1.29, 1.82) is 0 Å². The molecule has 0 radical (unpaired) electrons. The van der Waals surface area contributed by atoms with Gasteiger partial charge in [0.2, 0.25) is 5.91 Å². The van der Waals surface area contributed by atoms with Crippen LogP contribution in [-0.2, 0) is 9.53 Å². The van der Waals surface area contributed by atoms with Crippen molar-refractivity contribution in [2.75, 3.05) is 19.1 Å². The number of hydrogen-bond donors (Lipinski definition) is 1. The minimum atomic E-state index is -0.646. The van der Waals surface area contributed by atoms with E-state index in [9.17, 15) is 9.59 Å². The van der Waals surface area contributed by atoms with Gasteiger partial charge >= 0.3 is 6.09 Å². The fraction of sp³-hybridized carbons (Fsp3) is 0.391. The fourth-order valence-corrected chi connectivity index (χ4v) is 3.53. The third kappa shape index (κ3) is 4.84. The fourth-order valence-electron chi connectivity index (χ4n) is 3.53. The Morgan fingerprint density at radius 1 is 0.967 bits per heavy atom. The first-order valence-corrected chi connectivity index (χ1v) is 9.81. The molecule has 3 rings (SSSR count). The van der Waals surface area contributed by atoms with E-state index in [2.05, 4.69) is 5.32 Å². The van der Waals surface area contributed by atoms with E-state index in [1.165, 1.54) is 0 Å². The van der Waals surface area contributed by atoms with Crippen LogP contribution in [0.3, 0.4) is 0 Å². The molecule has 1 fully saturated rings. The van der Waals surface area contributed by atoms with E-state index >= 15 is 0 Å². The summed E-state index contributed by atoms with van der Waals surface area (Å²) >= 11 is 0. The van der Waals surface area contributed by atoms with Gasteiger partial charge in [0.25, 0.3) is 0 Å². The molecule has 0 saturated carbocycles. The van der Waals surface area contributed by atoms with Crippen molar-refractivity contribution < 1.29 is 23.8 Å². The van der Waals surface area contributed by atoms with Crippen molar-refractivity contribution in [3.63, 3.8) is 0 Å². The lowest BCUT2D eigenvalue weighted by Gasteiger charge is -2.30. The topological polar surface area (TPSA) is 77.1 Å². The Balaban J connectivity index is 1.94. The number of rotatable bonds is 5. The van der Waals surface area contributed by atoms with Crippen LogP contribution in [0.2, 0.25) is 0 Å². The van der Waals surface area contributed by atoms with Crippen molar-refractivity contribution >= 4 is 17.7 Å². The third-order valence-electron chi connectivity index (χ3n) is 4.88. The summed E-state index contributed by atoms with van der Waals surface area (Å²) in [7, 11) is 3.19. The summed E-state index contributed by atoms with van der Waals surface area (Å²) in [5, 5.41) is 2.90. The van der Waals surface area contributed by atoms with E-state index in [1.807, 2.05) is 24.3 Å². The lowest BCUT2D eigenvalue weighted by atomic mass is 9.95. The number of ether oxygens (including phenoxy) is 3. The Morgan fingerprint density at radius 2 is 1.50 bits per heavy atom. The monoisotopic (exact) mass is 412 g/mol. The predicted octanol–water partition coefficient (Wildman–Crippen LogP) is 4.08. The molecule has 0 bridgehead atoms. The molecule has 0 aromatic heterocycles. The molecule has 1 heterocycles. The normalized spacial score (nSPS) is 18.8. The van der Waals surface area contributed by atoms with E-state index in [0.29, 0.717) is 11.4 Å². The number of hydrogen-bond acceptors (Lipinski definition) is 5. The van der Waals surface area contributed by atoms with E-state index in [1.54, 1.807) is 64.2 Å². The first kappa shape index (κ1) is 21.5. The molecule has 2 atom stereocenters. The number of carbonyl (C=O) groups excluding carboxylic acids is 2. The quantitative estimate of drug-likeness (QED) is 0.801. The van der Waals surface area contributed by atoms with Gasteiger partial charge in [0.05, 0.1) is 14.2 Å². The lowest BCUT2D eigenvalue weighted by Crippen LogP contribution is -2.49. The second kappa shape index (κ2) is 8.65. The molecule has 2 amide bonds. The van der Waals surface area contributed by atoms with Crippen molar-refractivity contribution in [2.45, 2.75) is 44.9 Å². The van der Waals surface area contributed by atoms with Gasteiger partial charge in [0.1, 0.15) is 23.3 Å². The largest absolute Gasteiger partial charge is 0.497 e. The lowest BCUT2D eigenvalue weighted by molar-refractivity contribution is -0.117. The van der Waals surface area contributed by atoms with Gasteiger partial charge < -0.3 is 19.5 Å². The molecule has 7 nitrogen and oxygen atoms in total. The molecule has 1 saturated heterocycles. The number of anilines is 1. The van der Waals surface area contributed by atoms with Crippen LogP contribution < -0.4 is 19.7 Å². The van der Waals surface area contributed by atoms with E-state index in [-0.39, 0.29) is 18.2 Å². The smallest absolute Gasteiger partial charge is 0.409 e. The molecular weight excluding hydrogens is 384 g/mol. The summed E-state index contributed by atoms with van der Waals surface area (Å²) in [6.07, 6.45) is -0.896. The maximum Gasteiger partial charge on any atom is 0.409 e. The Bertz CT molecular complexity index is 887. The molecule has 1 unspecified atom stereocenters. The van der Waals surface area contributed by atoms with Crippen LogP contribution in [0.25, 0.3) is 0 Å². The summed E-state index contributed by atoms with van der Waals surface area (Å²) in [6, 6.07) is 14.7. The van der Waals surface area contributed by atoms with E-state index in [4.69, 9.17) is 14.2 Å². The number of nitrogens with zero attached hydrogens (tertiary/aromatic N) is 1. The van der Waals surface area contributed by atoms with Gasteiger partial charge in [-0.1, -0.05) is 12.1 Å². The van der Waals surface area contributed by atoms with Gasteiger partial charge in [-0.3, -0.25) is 9.69 Å². The highest BCUT2D eigenvalue weighted by molar-refractivity contribution is 5.98. The summed E-state index contributed by atoms with van der Waals surface area (Å²) in [6.45, 7) is 5.40. The van der Waals surface area contributed by atoms with Gasteiger partial charge in [-0.25, -0.2) is 4.79 Å². The standard InChI is InChI=1S/C23H28N2O5/c1-23(2,3)30-22(27)24-21-19(15-6-10-17(28-4)11-7-15)14-20(26)25(21)16-8-12-18(29-5)13-9-16/h6-13,19,21H,14H2,1-5H3,(H,24,27)/t19?,21-/m1/s1. The molecule has 0 aliphatic carbocycles. The highest BCUT2D eigenvalue weighted by Crippen LogP contribution is 2.37. The molecule has 1 N–H and O–H groups in total. The maximum absolute atomic E-state index is 13.0. The van der Waals surface area contributed by atoms with Crippen molar-refractivity contribution in [1.82, 2.24) is 5.32 Å². The van der Waals surface area contributed by atoms with Crippen LogP contribution in [-0.4, -0.2) is 38.0 Å². The Morgan fingerprint density at radius 3 is 2.00 bits per heavy atom. The molecule has 160 valence electrons. The Kier molecular flexibility index (Phi) is 6.20. The number of methoxy groups -OCH3 is 2. The molecule has 0 spiro atoms. The van der Waals surface area contributed by atoms with Crippen LogP contribution >= 0.6 is 0 Å². The van der Waals surface area contributed by atoms with Crippen molar-refractivity contribution in [3.05, 3.63) is 54.1 Å². The molecule has 7 heteroatoms. The number of alkyl carbamates (subject to hydrolysis) is 1. The van der Waals surface area contributed by atoms with Crippen LogP contribution in [0.5, 0.6) is 11.5 Å². The van der Waals surface area contributed by atoms with Crippen molar-refractivity contribution in [2.24, 2.45) is 0 Å². The van der Waals surface area contributed by atoms with Gasteiger partial charge in [-0.15, -0.1) is 0 Å². The first-order chi connectivity index (χ1) is 14.2. The van der Waals surface area contributed by atoms with Crippen LogP contribution in [0, 0.1) is 0 Å². The van der Waals surface area contributed by atoms with E-state index < -0.39 is 17.9 Å².